The maximum atomic E-state index is 11.1. The molecule has 0 fully saturated rings. The molecule has 1 rings (SSSR count). The summed E-state index contributed by atoms with van der Waals surface area (Å²) < 4.78 is 11.1. The lowest BCUT2D eigenvalue weighted by Crippen LogP contribution is -2.31. The number of ether oxygens (including phenoxy) is 2. The van der Waals surface area contributed by atoms with E-state index < -0.39 is 0 Å². The van der Waals surface area contributed by atoms with Crippen LogP contribution >= 0.6 is 0 Å². The Bertz CT molecular complexity index is 410. The molecule has 3 N–H and O–H groups in total. The Hall–Kier alpha value is -1.43. The predicted molar refractivity (Wildman–Crippen MR) is 77.8 cm³/mol. The summed E-state index contributed by atoms with van der Waals surface area (Å²) in [7, 11) is 0. The number of amides is 1. The fourth-order valence-electron chi connectivity index (χ4n) is 1.59. The van der Waals surface area contributed by atoms with Gasteiger partial charge in [0.1, 0.15) is 0 Å². The van der Waals surface area contributed by atoms with Gasteiger partial charge in [0.25, 0.3) is 0 Å². The van der Waals surface area contributed by atoms with Crippen LogP contribution in [0.1, 0.15) is 31.9 Å². The van der Waals surface area contributed by atoms with Crippen LogP contribution in [0.4, 0.5) is 0 Å². The zero-order chi connectivity index (χ0) is 15.0. The van der Waals surface area contributed by atoms with Crippen LogP contribution in [-0.4, -0.2) is 24.7 Å². The molecule has 0 saturated carbocycles. The van der Waals surface area contributed by atoms with E-state index in [1.165, 1.54) is 0 Å². The average molecular weight is 280 g/mol. The summed E-state index contributed by atoms with van der Waals surface area (Å²) in [4.78, 5) is 11.1. The lowest BCUT2D eigenvalue weighted by Gasteiger charge is -2.19. The van der Waals surface area contributed by atoms with Gasteiger partial charge in [-0.15, -0.1) is 0 Å². The number of benzene rings is 1. The lowest BCUT2D eigenvalue weighted by atomic mass is 10.1. The fraction of sp³-hybridized carbons (Fsp3) is 0.533. The second-order valence-electron chi connectivity index (χ2n) is 5.57. The van der Waals surface area contributed by atoms with Gasteiger partial charge in [-0.3, -0.25) is 10.2 Å². The molecule has 0 aromatic heterocycles. The van der Waals surface area contributed by atoms with Crippen molar-refractivity contribution < 1.29 is 14.3 Å². The molecule has 0 heterocycles. The van der Waals surface area contributed by atoms with Crippen LogP contribution in [0.15, 0.2) is 24.3 Å². The molecule has 5 nitrogen and oxygen atoms in total. The largest absolute Gasteiger partial charge is 0.374 e. The van der Waals surface area contributed by atoms with E-state index in [-0.39, 0.29) is 17.9 Å². The molecule has 1 aromatic carbocycles. The van der Waals surface area contributed by atoms with Gasteiger partial charge >= 0.3 is 0 Å². The molecule has 0 aliphatic carbocycles. The second-order valence-corrected chi connectivity index (χ2v) is 5.57. The fourth-order valence-corrected chi connectivity index (χ4v) is 1.59. The number of nitrogens with one attached hydrogen (secondary N) is 1. The Morgan fingerprint density at radius 3 is 2.30 bits per heavy atom. The van der Waals surface area contributed by atoms with Crippen molar-refractivity contribution in [2.24, 2.45) is 5.84 Å². The molecule has 0 saturated heterocycles. The Morgan fingerprint density at radius 1 is 1.15 bits per heavy atom. The zero-order valence-corrected chi connectivity index (χ0v) is 12.4. The monoisotopic (exact) mass is 280 g/mol. The van der Waals surface area contributed by atoms with Crippen LogP contribution in [0.3, 0.4) is 0 Å². The number of carbonyl (C=O) groups is 1. The van der Waals surface area contributed by atoms with E-state index in [4.69, 9.17) is 15.3 Å². The maximum absolute atomic E-state index is 11.1. The molecule has 0 bridgehead atoms. The Labute approximate surface area is 120 Å². The van der Waals surface area contributed by atoms with Gasteiger partial charge in [-0.05, 0) is 31.9 Å². The summed E-state index contributed by atoms with van der Waals surface area (Å²) in [5.74, 6) is 4.84. The van der Waals surface area contributed by atoms with Gasteiger partial charge in [0.2, 0.25) is 5.91 Å². The van der Waals surface area contributed by atoms with Crippen molar-refractivity contribution in [1.29, 1.82) is 0 Å². The van der Waals surface area contributed by atoms with Crippen molar-refractivity contribution in [3.8, 4) is 0 Å². The Morgan fingerprint density at radius 2 is 1.75 bits per heavy atom. The minimum absolute atomic E-state index is 0.130. The smallest absolute Gasteiger partial charge is 0.238 e. The van der Waals surface area contributed by atoms with E-state index in [0.29, 0.717) is 19.8 Å². The number of hydrazine groups is 1. The highest BCUT2D eigenvalue weighted by molar-refractivity contribution is 5.77. The molecule has 1 amide bonds. The van der Waals surface area contributed by atoms with Crippen molar-refractivity contribution in [2.45, 2.75) is 39.4 Å². The second kappa shape index (κ2) is 7.99. The molecule has 0 aliphatic heterocycles. The van der Waals surface area contributed by atoms with Gasteiger partial charge < -0.3 is 9.47 Å². The van der Waals surface area contributed by atoms with E-state index in [0.717, 1.165) is 11.1 Å². The number of rotatable bonds is 7. The minimum atomic E-state index is -0.201. The molecule has 20 heavy (non-hydrogen) atoms. The Kier molecular flexibility index (Phi) is 6.64. The van der Waals surface area contributed by atoms with Crippen LogP contribution in [0, 0.1) is 0 Å². The summed E-state index contributed by atoms with van der Waals surface area (Å²) in [6.45, 7) is 7.74. The van der Waals surface area contributed by atoms with Gasteiger partial charge in [0, 0.05) is 0 Å². The maximum Gasteiger partial charge on any atom is 0.238 e. The first-order valence-electron chi connectivity index (χ1n) is 6.69. The van der Waals surface area contributed by atoms with Crippen LogP contribution in [-0.2, 0) is 27.3 Å². The van der Waals surface area contributed by atoms with Gasteiger partial charge in [-0.1, -0.05) is 24.3 Å². The van der Waals surface area contributed by atoms with Crippen LogP contribution in [0.5, 0.6) is 0 Å². The topological polar surface area (TPSA) is 73.6 Å². The van der Waals surface area contributed by atoms with Crippen molar-refractivity contribution >= 4 is 5.91 Å². The van der Waals surface area contributed by atoms with Gasteiger partial charge in [0.15, 0.2) is 0 Å². The zero-order valence-electron chi connectivity index (χ0n) is 12.4. The first-order valence-corrected chi connectivity index (χ1v) is 6.69. The normalized spacial score (nSPS) is 11.4. The summed E-state index contributed by atoms with van der Waals surface area (Å²) in [5.41, 5.74) is 3.97. The first kappa shape index (κ1) is 16.6. The minimum Gasteiger partial charge on any atom is -0.374 e. The third-order valence-electron chi connectivity index (χ3n) is 2.58. The molecular formula is C15H24N2O3. The van der Waals surface area contributed by atoms with Gasteiger partial charge in [-0.2, -0.15) is 0 Å². The highest BCUT2D eigenvalue weighted by Crippen LogP contribution is 2.08. The van der Waals surface area contributed by atoms with Crippen molar-refractivity contribution in [3.05, 3.63) is 35.4 Å². The van der Waals surface area contributed by atoms with E-state index in [1.807, 2.05) is 45.0 Å². The third kappa shape index (κ3) is 7.23. The first-order chi connectivity index (χ1) is 9.40. The molecule has 0 radical (unpaired) electrons. The predicted octanol–water partition coefficient (Wildman–Crippen LogP) is 1.55. The SMILES string of the molecule is CC(C)(C)OCCOCc1ccc(CC(=O)NN)cc1. The summed E-state index contributed by atoms with van der Waals surface area (Å²) >= 11 is 0. The van der Waals surface area contributed by atoms with E-state index in [9.17, 15) is 4.79 Å². The molecule has 1 aromatic rings. The quantitative estimate of drug-likeness (QED) is 0.344. The van der Waals surface area contributed by atoms with Crippen molar-refractivity contribution in [2.75, 3.05) is 13.2 Å². The van der Waals surface area contributed by atoms with Crippen molar-refractivity contribution in [3.63, 3.8) is 0 Å². The van der Waals surface area contributed by atoms with Crippen LogP contribution in [0.2, 0.25) is 0 Å². The summed E-state index contributed by atoms with van der Waals surface area (Å²) in [6.07, 6.45) is 0.289. The standard InChI is InChI=1S/C15H24N2O3/c1-15(2,3)20-9-8-19-11-13-6-4-12(5-7-13)10-14(18)17-16/h4-7H,8-11,16H2,1-3H3,(H,17,18). The number of carbonyl (C=O) groups excluding carboxylic acids is 1. The molecule has 5 heteroatoms. The molecule has 0 aliphatic rings. The van der Waals surface area contributed by atoms with Gasteiger partial charge in [0.05, 0.1) is 31.8 Å². The third-order valence-corrected chi connectivity index (χ3v) is 2.58. The molecular weight excluding hydrogens is 256 g/mol. The number of hydrogen-bond acceptors (Lipinski definition) is 4. The van der Waals surface area contributed by atoms with E-state index in [2.05, 4.69) is 5.43 Å². The highest BCUT2D eigenvalue weighted by Gasteiger charge is 2.08. The molecule has 0 spiro atoms. The van der Waals surface area contributed by atoms with Crippen LogP contribution in [0.25, 0.3) is 0 Å². The summed E-state index contributed by atoms with van der Waals surface area (Å²) in [6, 6.07) is 7.70. The van der Waals surface area contributed by atoms with Gasteiger partial charge in [-0.25, -0.2) is 5.84 Å². The highest BCUT2D eigenvalue weighted by atomic mass is 16.5. The lowest BCUT2D eigenvalue weighted by molar-refractivity contribution is -0.120. The van der Waals surface area contributed by atoms with E-state index >= 15 is 0 Å². The van der Waals surface area contributed by atoms with E-state index in [1.54, 1.807) is 0 Å². The molecule has 112 valence electrons. The molecule has 0 atom stereocenters. The van der Waals surface area contributed by atoms with Crippen molar-refractivity contribution in [1.82, 2.24) is 5.43 Å². The Balaban J connectivity index is 2.26. The number of nitrogens with two attached hydrogens (primary N) is 1. The average Bonchev–Trinajstić information content (AvgIpc) is 2.39. The molecule has 0 unspecified atom stereocenters. The number of hydrogen-bond donors (Lipinski definition) is 2. The summed E-state index contributed by atoms with van der Waals surface area (Å²) in [5, 5.41) is 0. The van der Waals surface area contributed by atoms with Crippen LogP contribution < -0.4 is 11.3 Å².